The number of rotatable bonds is 6. The fourth-order valence-electron chi connectivity index (χ4n) is 3.45. The highest BCUT2D eigenvalue weighted by molar-refractivity contribution is 5.80. The Kier molecular flexibility index (Phi) is 4.84. The molecule has 1 N–H and O–H groups in total. The number of aryl methyl sites for hydroxylation is 1. The monoisotopic (exact) mass is 391 g/mol. The van der Waals surface area contributed by atoms with Gasteiger partial charge in [0.05, 0.1) is 36.6 Å². The van der Waals surface area contributed by atoms with Gasteiger partial charge in [0.25, 0.3) is 0 Å². The van der Waals surface area contributed by atoms with Crippen molar-refractivity contribution in [3.63, 3.8) is 0 Å². The fourth-order valence-corrected chi connectivity index (χ4v) is 3.45. The summed E-state index contributed by atoms with van der Waals surface area (Å²) in [6.45, 7) is 3.86. The third-order valence-electron chi connectivity index (χ3n) is 4.78. The molecule has 0 amide bonds. The zero-order valence-electron chi connectivity index (χ0n) is 17.1. The molecular formula is C22H25N5O2. The Morgan fingerprint density at radius 1 is 1.14 bits per heavy atom. The molecule has 0 saturated carbocycles. The van der Waals surface area contributed by atoms with Crippen molar-refractivity contribution in [2.75, 3.05) is 7.11 Å². The van der Waals surface area contributed by atoms with Crippen molar-refractivity contribution in [1.82, 2.24) is 24.3 Å². The lowest BCUT2D eigenvalue weighted by atomic mass is 10.1. The van der Waals surface area contributed by atoms with Crippen molar-refractivity contribution in [3.05, 3.63) is 60.2 Å². The highest BCUT2D eigenvalue weighted by Crippen LogP contribution is 2.26. The molecular weight excluding hydrogens is 366 g/mol. The molecule has 29 heavy (non-hydrogen) atoms. The van der Waals surface area contributed by atoms with Crippen LogP contribution >= 0.6 is 0 Å². The number of aliphatic hydroxyl groups is 1. The van der Waals surface area contributed by atoms with E-state index in [-0.39, 0.29) is 0 Å². The second-order valence-corrected chi connectivity index (χ2v) is 7.87. The lowest BCUT2D eigenvalue weighted by Crippen LogP contribution is -2.27. The highest BCUT2D eigenvalue weighted by atomic mass is 16.5. The van der Waals surface area contributed by atoms with Crippen LogP contribution in [0.2, 0.25) is 0 Å². The average molecular weight is 391 g/mol. The van der Waals surface area contributed by atoms with Crippen LogP contribution in [-0.2, 0) is 20.0 Å². The van der Waals surface area contributed by atoms with Crippen molar-refractivity contribution >= 4 is 11.0 Å². The molecule has 0 unspecified atom stereocenters. The number of fused-ring (bicyclic) bond motifs is 1. The molecule has 0 bridgehead atoms. The van der Waals surface area contributed by atoms with E-state index in [2.05, 4.69) is 4.98 Å². The standard InChI is InChI=1S/C22H25N5O2/c1-22(2,28)13-27-21(16-9-10-18-17(11-16)23-14-26(18)3)24-20(25-27)12-15-7-5-6-8-19(15)29-4/h5-11,14,28H,12-13H2,1-4H3. The van der Waals surface area contributed by atoms with Gasteiger partial charge in [0, 0.05) is 24.6 Å². The SMILES string of the molecule is COc1ccccc1Cc1nc(-c2ccc3c(c2)ncn3C)n(CC(C)(C)O)n1. The quantitative estimate of drug-likeness (QED) is 0.546. The van der Waals surface area contributed by atoms with E-state index in [1.807, 2.05) is 54.1 Å². The first-order valence-electron chi connectivity index (χ1n) is 9.53. The Morgan fingerprint density at radius 3 is 2.69 bits per heavy atom. The van der Waals surface area contributed by atoms with Gasteiger partial charge in [-0.2, -0.15) is 5.10 Å². The van der Waals surface area contributed by atoms with Gasteiger partial charge in [-0.3, -0.25) is 0 Å². The minimum atomic E-state index is -0.917. The number of hydrogen-bond donors (Lipinski definition) is 1. The van der Waals surface area contributed by atoms with Gasteiger partial charge in [0.15, 0.2) is 11.6 Å². The number of imidazole rings is 1. The first-order valence-corrected chi connectivity index (χ1v) is 9.53. The predicted molar refractivity (Wildman–Crippen MR) is 112 cm³/mol. The summed E-state index contributed by atoms with van der Waals surface area (Å²) in [7, 11) is 3.63. The summed E-state index contributed by atoms with van der Waals surface area (Å²) in [6.07, 6.45) is 2.34. The van der Waals surface area contributed by atoms with Gasteiger partial charge in [-0.1, -0.05) is 18.2 Å². The Morgan fingerprint density at radius 2 is 1.93 bits per heavy atom. The number of nitrogens with zero attached hydrogens (tertiary/aromatic N) is 5. The maximum absolute atomic E-state index is 10.4. The van der Waals surface area contributed by atoms with Crippen LogP contribution in [0.25, 0.3) is 22.4 Å². The van der Waals surface area contributed by atoms with Crippen molar-refractivity contribution < 1.29 is 9.84 Å². The van der Waals surface area contributed by atoms with Gasteiger partial charge in [-0.05, 0) is 38.1 Å². The van der Waals surface area contributed by atoms with Crippen molar-refractivity contribution in [3.8, 4) is 17.1 Å². The molecule has 0 radical (unpaired) electrons. The number of hydrogen-bond acceptors (Lipinski definition) is 5. The lowest BCUT2D eigenvalue weighted by Gasteiger charge is -2.18. The van der Waals surface area contributed by atoms with Gasteiger partial charge in [-0.15, -0.1) is 0 Å². The number of benzene rings is 2. The van der Waals surface area contributed by atoms with Crippen molar-refractivity contribution in [2.24, 2.45) is 7.05 Å². The average Bonchev–Trinajstić information content (AvgIpc) is 3.24. The number of ether oxygens (including phenoxy) is 1. The largest absolute Gasteiger partial charge is 0.496 e. The van der Waals surface area contributed by atoms with Crippen LogP contribution in [0.3, 0.4) is 0 Å². The smallest absolute Gasteiger partial charge is 0.158 e. The van der Waals surface area contributed by atoms with Crippen LogP contribution in [0.15, 0.2) is 48.8 Å². The van der Waals surface area contributed by atoms with Crippen molar-refractivity contribution in [1.29, 1.82) is 0 Å². The molecule has 7 heteroatoms. The minimum Gasteiger partial charge on any atom is -0.496 e. The summed E-state index contributed by atoms with van der Waals surface area (Å²) in [6, 6.07) is 13.9. The molecule has 2 aromatic carbocycles. The number of aromatic nitrogens is 5. The molecule has 2 aromatic heterocycles. The maximum Gasteiger partial charge on any atom is 0.158 e. The Labute approximate surface area is 169 Å². The molecule has 4 aromatic rings. The molecule has 0 fully saturated rings. The third-order valence-corrected chi connectivity index (χ3v) is 4.78. The number of para-hydroxylation sites is 1. The first-order chi connectivity index (χ1) is 13.8. The van der Waals surface area contributed by atoms with E-state index in [9.17, 15) is 5.11 Å². The molecule has 0 aliphatic rings. The summed E-state index contributed by atoms with van der Waals surface area (Å²) in [5, 5.41) is 15.1. The summed E-state index contributed by atoms with van der Waals surface area (Å²) >= 11 is 0. The van der Waals surface area contributed by atoms with E-state index < -0.39 is 5.60 Å². The normalized spacial score (nSPS) is 11.9. The topological polar surface area (TPSA) is 78.0 Å². The van der Waals surface area contributed by atoms with Gasteiger partial charge < -0.3 is 14.4 Å². The summed E-state index contributed by atoms with van der Waals surface area (Å²) < 4.78 is 9.21. The van der Waals surface area contributed by atoms with Crippen LogP contribution < -0.4 is 4.74 Å². The van der Waals surface area contributed by atoms with E-state index >= 15 is 0 Å². The van der Waals surface area contributed by atoms with E-state index in [4.69, 9.17) is 14.8 Å². The molecule has 4 rings (SSSR count). The second kappa shape index (κ2) is 7.33. The predicted octanol–water partition coefficient (Wildman–Crippen LogP) is 3.20. The van der Waals surface area contributed by atoms with Gasteiger partial charge >= 0.3 is 0 Å². The van der Waals surface area contributed by atoms with Gasteiger partial charge in [-0.25, -0.2) is 14.6 Å². The highest BCUT2D eigenvalue weighted by Gasteiger charge is 2.21. The molecule has 7 nitrogen and oxygen atoms in total. The van der Waals surface area contributed by atoms with E-state index in [1.54, 1.807) is 32.0 Å². The molecule has 150 valence electrons. The van der Waals surface area contributed by atoms with Gasteiger partial charge in [0.2, 0.25) is 0 Å². The summed E-state index contributed by atoms with van der Waals surface area (Å²) in [4.78, 5) is 9.25. The van der Waals surface area contributed by atoms with Crippen LogP contribution in [0.1, 0.15) is 25.2 Å². The van der Waals surface area contributed by atoms with E-state index in [0.717, 1.165) is 27.9 Å². The number of methoxy groups -OCH3 is 1. The molecule has 0 spiro atoms. The maximum atomic E-state index is 10.4. The van der Waals surface area contributed by atoms with Crippen LogP contribution in [0.5, 0.6) is 5.75 Å². The van der Waals surface area contributed by atoms with Crippen LogP contribution in [0.4, 0.5) is 0 Å². The lowest BCUT2D eigenvalue weighted by molar-refractivity contribution is 0.0581. The third kappa shape index (κ3) is 4.00. The Balaban J connectivity index is 1.76. The summed E-state index contributed by atoms with van der Waals surface area (Å²) in [5.41, 5.74) is 2.96. The van der Waals surface area contributed by atoms with Crippen LogP contribution in [-0.4, -0.2) is 42.1 Å². The first kappa shape index (κ1) is 19.1. The summed E-state index contributed by atoms with van der Waals surface area (Å²) in [5.74, 6) is 2.20. The van der Waals surface area contributed by atoms with E-state index in [0.29, 0.717) is 24.6 Å². The molecule has 0 saturated heterocycles. The molecule has 2 heterocycles. The molecule has 0 atom stereocenters. The van der Waals surface area contributed by atoms with E-state index in [1.165, 1.54) is 0 Å². The Bertz CT molecular complexity index is 1150. The molecule has 0 aliphatic heterocycles. The van der Waals surface area contributed by atoms with Crippen LogP contribution in [0, 0.1) is 0 Å². The fraction of sp³-hybridized carbons (Fsp3) is 0.318. The zero-order valence-corrected chi connectivity index (χ0v) is 17.1. The second-order valence-electron chi connectivity index (χ2n) is 7.87. The molecule has 0 aliphatic carbocycles. The zero-order chi connectivity index (χ0) is 20.6. The minimum absolute atomic E-state index is 0.335. The van der Waals surface area contributed by atoms with Crippen molar-refractivity contribution in [2.45, 2.75) is 32.4 Å². The Hall–Kier alpha value is -3.19. The van der Waals surface area contributed by atoms with Gasteiger partial charge in [0.1, 0.15) is 5.75 Å².